The number of likely N-dealkylation sites (N-methyl/N-ethyl adjacent to an activating group) is 1. The summed E-state index contributed by atoms with van der Waals surface area (Å²) in [5.74, 6) is 2.08. The van der Waals surface area contributed by atoms with E-state index in [0.717, 1.165) is 38.1 Å². The van der Waals surface area contributed by atoms with E-state index in [1.165, 1.54) is 45.6 Å². The average molecular weight is 437 g/mol. The van der Waals surface area contributed by atoms with Crippen LogP contribution in [0.1, 0.15) is 33.6 Å². The van der Waals surface area contributed by atoms with Gasteiger partial charge in [0.25, 0.3) is 0 Å². The number of hydrogen-bond donors (Lipinski definition) is 1. The van der Waals surface area contributed by atoms with Gasteiger partial charge in [0.1, 0.15) is 0 Å². The van der Waals surface area contributed by atoms with Crippen LogP contribution >= 0.6 is 24.0 Å². The van der Waals surface area contributed by atoms with Crippen LogP contribution in [0.15, 0.2) is 4.99 Å². The molecular weight excluding hydrogens is 401 g/mol. The minimum atomic E-state index is 0. The highest BCUT2D eigenvalue weighted by Gasteiger charge is 2.19. The van der Waals surface area contributed by atoms with Crippen LogP contribution in [-0.4, -0.2) is 79.6 Å². The molecule has 23 heavy (non-hydrogen) atoms. The summed E-state index contributed by atoms with van der Waals surface area (Å²) >= 11 is 0. The molecule has 2 fully saturated rings. The van der Waals surface area contributed by atoms with E-state index >= 15 is 0 Å². The summed E-state index contributed by atoms with van der Waals surface area (Å²) in [5, 5.41) is 0. The van der Waals surface area contributed by atoms with E-state index in [1.54, 1.807) is 0 Å². The maximum absolute atomic E-state index is 6.18. The van der Waals surface area contributed by atoms with Gasteiger partial charge in [0.2, 0.25) is 0 Å². The molecule has 6 heteroatoms. The molecule has 2 rings (SSSR count). The first-order valence-electron chi connectivity index (χ1n) is 9.08. The molecule has 0 aromatic carbocycles. The number of halogens is 1. The number of aliphatic imine (C=N–C) groups is 1. The zero-order chi connectivity index (χ0) is 15.9. The Hall–Kier alpha value is -0.0800. The van der Waals surface area contributed by atoms with E-state index in [0.29, 0.717) is 5.92 Å². The fourth-order valence-electron chi connectivity index (χ4n) is 3.53. The van der Waals surface area contributed by atoms with Crippen molar-refractivity contribution in [1.82, 2.24) is 14.7 Å². The molecule has 0 aromatic heterocycles. The summed E-state index contributed by atoms with van der Waals surface area (Å²) in [7, 11) is 0. The van der Waals surface area contributed by atoms with Crippen molar-refractivity contribution in [2.24, 2.45) is 22.6 Å². The van der Waals surface area contributed by atoms with E-state index in [2.05, 4.69) is 40.5 Å². The molecule has 2 N–H and O–H groups in total. The zero-order valence-electron chi connectivity index (χ0n) is 15.2. The van der Waals surface area contributed by atoms with E-state index in [-0.39, 0.29) is 24.0 Å². The van der Waals surface area contributed by atoms with Crippen molar-refractivity contribution in [3.63, 3.8) is 0 Å². The van der Waals surface area contributed by atoms with Gasteiger partial charge in [-0.25, -0.2) is 0 Å². The molecule has 2 saturated heterocycles. The predicted octanol–water partition coefficient (Wildman–Crippen LogP) is 1.92. The Morgan fingerprint density at radius 3 is 2.43 bits per heavy atom. The molecule has 2 aliphatic rings. The molecular formula is C17H36IN5. The summed E-state index contributed by atoms with van der Waals surface area (Å²) in [6, 6.07) is 0. The van der Waals surface area contributed by atoms with Crippen LogP contribution in [0.4, 0.5) is 0 Å². The summed E-state index contributed by atoms with van der Waals surface area (Å²) in [6.45, 7) is 17.0. The van der Waals surface area contributed by atoms with Gasteiger partial charge in [-0.1, -0.05) is 20.8 Å². The Balaban J connectivity index is 0.00000264. The standard InChI is InChI=1S/C17H35N5.HI/c1-4-20-8-10-21(11-9-20)13-16(3)12-19-17(18)22-7-5-6-15(2)14-22;/h15-16H,4-14H2,1-3H3,(H2,18,19);1H. The number of piperidine rings is 1. The average Bonchev–Trinajstić information content (AvgIpc) is 2.53. The van der Waals surface area contributed by atoms with Crippen LogP contribution in [0.3, 0.4) is 0 Å². The molecule has 2 unspecified atom stereocenters. The van der Waals surface area contributed by atoms with Gasteiger partial charge in [0.05, 0.1) is 0 Å². The van der Waals surface area contributed by atoms with Gasteiger partial charge in [-0.2, -0.15) is 0 Å². The largest absolute Gasteiger partial charge is 0.370 e. The maximum Gasteiger partial charge on any atom is 0.191 e. The molecule has 0 aromatic rings. The lowest BCUT2D eigenvalue weighted by atomic mass is 10.0. The highest BCUT2D eigenvalue weighted by atomic mass is 127. The van der Waals surface area contributed by atoms with Crippen molar-refractivity contribution < 1.29 is 0 Å². The van der Waals surface area contributed by atoms with Crippen LogP contribution < -0.4 is 5.73 Å². The topological polar surface area (TPSA) is 48.1 Å². The molecule has 0 saturated carbocycles. The number of guanidine groups is 1. The molecule has 0 amide bonds. The Kier molecular flexibility index (Phi) is 9.77. The third-order valence-electron chi connectivity index (χ3n) is 5.03. The van der Waals surface area contributed by atoms with Crippen LogP contribution in [0.5, 0.6) is 0 Å². The van der Waals surface area contributed by atoms with Gasteiger partial charge in [-0.05, 0) is 31.2 Å². The summed E-state index contributed by atoms with van der Waals surface area (Å²) in [4.78, 5) is 12.0. The van der Waals surface area contributed by atoms with Crippen LogP contribution in [-0.2, 0) is 0 Å². The van der Waals surface area contributed by atoms with E-state index in [1.807, 2.05) is 0 Å². The number of likely N-dealkylation sites (tertiary alicyclic amines) is 1. The van der Waals surface area contributed by atoms with Gasteiger partial charge in [0, 0.05) is 52.4 Å². The fourth-order valence-corrected chi connectivity index (χ4v) is 3.53. The van der Waals surface area contributed by atoms with Crippen molar-refractivity contribution in [3.8, 4) is 0 Å². The lowest BCUT2D eigenvalue weighted by Crippen LogP contribution is -2.47. The van der Waals surface area contributed by atoms with Gasteiger partial charge in [-0.3, -0.25) is 4.99 Å². The number of piperazine rings is 1. The second kappa shape index (κ2) is 10.7. The second-order valence-corrected chi connectivity index (χ2v) is 7.23. The van der Waals surface area contributed by atoms with Crippen molar-refractivity contribution in [1.29, 1.82) is 0 Å². The maximum atomic E-state index is 6.18. The third kappa shape index (κ3) is 7.13. The quantitative estimate of drug-likeness (QED) is 0.406. The minimum Gasteiger partial charge on any atom is -0.370 e. The second-order valence-electron chi connectivity index (χ2n) is 7.23. The van der Waals surface area contributed by atoms with Gasteiger partial charge in [0.15, 0.2) is 5.96 Å². The van der Waals surface area contributed by atoms with Crippen molar-refractivity contribution in [2.45, 2.75) is 33.6 Å². The molecule has 136 valence electrons. The number of rotatable bonds is 5. The van der Waals surface area contributed by atoms with Gasteiger partial charge in [-0.15, -0.1) is 24.0 Å². The SMILES string of the molecule is CCN1CCN(CC(C)CN=C(N)N2CCCC(C)C2)CC1.I. The van der Waals surface area contributed by atoms with Gasteiger partial charge < -0.3 is 20.4 Å². The molecule has 2 heterocycles. The Bertz CT molecular complexity index is 355. The molecule has 0 bridgehead atoms. The highest BCUT2D eigenvalue weighted by molar-refractivity contribution is 14.0. The monoisotopic (exact) mass is 437 g/mol. The summed E-state index contributed by atoms with van der Waals surface area (Å²) < 4.78 is 0. The van der Waals surface area contributed by atoms with Crippen LogP contribution in [0.2, 0.25) is 0 Å². The van der Waals surface area contributed by atoms with E-state index in [9.17, 15) is 0 Å². The van der Waals surface area contributed by atoms with Crippen molar-refractivity contribution in [2.75, 3.05) is 58.9 Å². The van der Waals surface area contributed by atoms with Crippen molar-refractivity contribution >= 4 is 29.9 Å². The lowest BCUT2D eigenvalue weighted by Gasteiger charge is -2.35. The minimum absolute atomic E-state index is 0. The van der Waals surface area contributed by atoms with E-state index < -0.39 is 0 Å². The smallest absolute Gasteiger partial charge is 0.191 e. The molecule has 2 aliphatic heterocycles. The Morgan fingerprint density at radius 1 is 1.17 bits per heavy atom. The first-order valence-corrected chi connectivity index (χ1v) is 9.08. The van der Waals surface area contributed by atoms with Gasteiger partial charge >= 0.3 is 0 Å². The van der Waals surface area contributed by atoms with Crippen molar-refractivity contribution in [3.05, 3.63) is 0 Å². The van der Waals surface area contributed by atoms with Crippen LogP contribution in [0, 0.1) is 11.8 Å². The first-order chi connectivity index (χ1) is 10.6. The number of nitrogens with two attached hydrogens (primary N) is 1. The molecule has 0 spiro atoms. The lowest BCUT2D eigenvalue weighted by molar-refractivity contribution is 0.125. The third-order valence-corrected chi connectivity index (χ3v) is 5.03. The van der Waals surface area contributed by atoms with Crippen LogP contribution in [0.25, 0.3) is 0 Å². The fraction of sp³-hybridized carbons (Fsp3) is 0.941. The zero-order valence-corrected chi connectivity index (χ0v) is 17.5. The number of nitrogens with zero attached hydrogens (tertiary/aromatic N) is 4. The summed E-state index contributed by atoms with van der Waals surface area (Å²) in [5.41, 5.74) is 6.18. The number of hydrogen-bond acceptors (Lipinski definition) is 3. The highest BCUT2D eigenvalue weighted by Crippen LogP contribution is 2.15. The molecule has 0 radical (unpaired) electrons. The first kappa shape index (κ1) is 21.0. The molecule has 0 aliphatic carbocycles. The predicted molar refractivity (Wildman–Crippen MR) is 110 cm³/mol. The molecule has 2 atom stereocenters. The van der Waals surface area contributed by atoms with E-state index in [4.69, 9.17) is 5.73 Å². The molecule has 5 nitrogen and oxygen atoms in total. The normalized spacial score (nSPS) is 26.0. The Labute approximate surface area is 159 Å². The Morgan fingerprint density at radius 2 is 1.83 bits per heavy atom. The summed E-state index contributed by atoms with van der Waals surface area (Å²) in [6.07, 6.45) is 2.57.